The summed E-state index contributed by atoms with van der Waals surface area (Å²) in [6, 6.07) is 4.11. The second kappa shape index (κ2) is 10.6. The highest BCUT2D eigenvalue weighted by Crippen LogP contribution is 2.49. The molecule has 2 aromatic rings. The molecule has 2 unspecified atom stereocenters. The van der Waals surface area contributed by atoms with E-state index in [4.69, 9.17) is 11.6 Å². The predicted octanol–water partition coefficient (Wildman–Crippen LogP) is 6.17. The third kappa shape index (κ3) is 6.14. The number of aryl methyl sites for hydroxylation is 1. The summed E-state index contributed by atoms with van der Waals surface area (Å²) in [5.74, 6) is -1.02. The number of nitrogens with zero attached hydrogens (tertiary/aromatic N) is 1. The lowest BCUT2D eigenvalue weighted by Crippen LogP contribution is -2.55. The Bertz CT molecular complexity index is 1110. The van der Waals surface area contributed by atoms with Crippen molar-refractivity contribution in [3.63, 3.8) is 0 Å². The summed E-state index contributed by atoms with van der Waals surface area (Å²) >= 11 is 7.31. The van der Waals surface area contributed by atoms with E-state index in [0.29, 0.717) is 16.3 Å². The number of alkyl halides is 3. The van der Waals surface area contributed by atoms with Gasteiger partial charge in [-0.05, 0) is 57.2 Å². The van der Waals surface area contributed by atoms with E-state index >= 15 is 0 Å². The van der Waals surface area contributed by atoms with Gasteiger partial charge in [0.25, 0.3) is 5.91 Å². The molecule has 0 aromatic carbocycles. The molecule has 0 aliphatic heterocycles. The van der Waals surface area contributed by atoms with Crippen molar-refractivity contribution in [1.29, 1.82) is 0 Å². The maximum absolute atomic E-state index is 13.4. The fraction of sp³-hybridized carbons (Fsp3) is 0.560. The molecule has 2 aliphatic rings. The van der Waals surface area contributed by atoms with E-state index in [2.05, 4.69) is 20.9 Å². The van der Waals surface area contributed by atoms with Crippen molar-refractivity contribution >= 4 is 40.4 Å². The lowest BCUT2D eigenvalue weighted by molar-refractivity contribution is -0.170. The van der Waals surface area contributed by atoms with Gasteiger partial charge in [-0.3, -0.25) is 14.6 Å². The minimum atomic E-state index is -4.51. The maximum atomic E-state index is 13.4. The van der Waals surface area contributed by atoms with Crippen LogP contribution in [0, 0.1) is 12.8 Å². The molecule has 3 N–H and O–H groups in total. The summed E-state index contributed by atoms with van der Waals surface area (Å²) in [6.07, 6.45) is 1.01. The zero-order valence-electron chi connectivity index (χ0n) is 20.2. The molecule has 2 heterocycles. The second-order valence-electron chi connectivity index (χ2n) is 9.84. The minimum Gasteiger partial charge on any atom is -0.376 e. The van der Waals surface area contributed by atoms with Gasteiger partial charge in [0.2, 0.25) is 5.91 Å². The van der Waals surface area contributed by atoms with Crippen molar-refractivity contribution in [2.75, 3.05) is 5.32 Å². The molecule has 4 rings (SSSR count). The third-order valence-electron chi connectivity index (χ3n) is 7.02. The summed E-state index contributed by atoms with van der Waals surface area (Å²) in [4.78, 5) is 31.5. The quantitative estimate of drug-likeness (QED) is 0.354. The number of anilines is 1. The van der Waals surface area contributed by atoms with Gasteiger partial charge in [-0.15, -0.1) is 11.3 Å². The van der Waals surface area contributed by atoms with Crippen molar-refractivity contribution in [3.8, 4) is 0 Å². The lowest BCUT2D eigenvalue weighted by atomic mass is 9.97. The lowest BCUT2D eigenvalue weighted by Gasteiger charge is -2.26. The normalized spacial score (nSPS) is 18.9. The van der Waals surface area contributed by atoms with E-state index < -0.39 is 29.6 Å². The SMILES string of the molecule is Cc1ncc(Cl)cc1NC(C)c1ccc(C(=O)NC(CC2CCCC2)C(=O)NC2(C(F)(F)F)CC2)s1. The maximum Gasteiger partial charge on any atom is 0.411 e. The molecule has 36 heavy (non-hydrogen) atoms. The standard InChI is InChI=1S/C25H30ClF3N4O2S/c1-14-18(12-17(26)13-30-14)31-15(2)20-7-8-21(36-20)23(35)32-19(11-16-5-3-4-6-16)22(34)33-24(9-10-24)25(27,28)29/h7-8,12-13,15-16,19,31H,3-6,9-11H2,1-2H3,(H,32,35)(H,33,34). The summed E-state index contributed by atoms with van der Waals surface area (Å²) in [7, 11) is 0. The first-order valence-electron chi connectivity index (χ1n) is 12.2. The molecule has 0 bridgehead atoms. The first-order valence-corrected chi connectivity index (χ1v) is 13.3. The number of thiophene rings is 1. The summed E-state index contributed by atoms with van der Waals surface area (Å²) in [6.45, 7) is 3.80. The zero-order valence-corrected chi connectivity index (χ0v) is 21.7. The van der Waals surface area contributed by atoms with Gasteiger partial charge in [0, 0.05) is 11.1 Å². The van der Waals surface area contributed by atoms with Crippen LogP contribution in [0.5, 0.6) is 0 Å². The molecule has 11 heteroatoms. The van der Waals surface area contributed by atoms with Crippen LogP contribution in [0.15, 0.2) is 24.4 Å². The Labute approximate surface area is 217 Å². The smallest absolute Gasteiger partial charge is 0.376 e. The Morgan fingerprint density at radius 3 is 2.58 bits per heavy atom. The number of pyridine rings is 1. The Morgan fingerprint density at radius 1 is 1.25 bits per heavy atom. The van der Waals surface area contributed by atoms with Crippen LogP contribution < -0.4 is 16.0 Å². The highest BCUT2D eigenvalue weighted by Gasteiger charge is 2.64. The van der Waals surface area contributed by atoms with E-state index in [0.717, 1.165) is 41.9 Å². The van der Waals surface area contributed by atoms with Crippen LogP contribution in [0.2, 0.25) is 5.02 Å². The molecule has 0 radical (unpaired) electrons. The molecule has 2 aromatic heterocycles. The van der Waals surface area contributed by atoms with Gasteiger partial charge in [-0.1, -0.05) is 37.3 Å². The van der Waals surface area contributed by atoms with Crippen molar-refractivity contribution in [2.24, 2.45) is 5.92 Å². The average Bonchev–Trinajstić information content (AvgIpc) is 3.21. The zero-order chi connectivity index (χ0) is 26.1. The summed E-state index contributed by atoms with van der Waals surface area (Å²) in [5.41, 5.74) is -0.594. The second-order valence-corrected chi connectivity index (χ2v) is 11.4. The van der Waals surface area contributed by atoms with Crippen molar-refractivity contribution in [3.05, 3.63) is 44.9 Å². The summed E-state index contributed by atoms with van der Waals surface area (Å²) in [5, 5.41) is 8.76. The van der Waals surface area contributed by atoms with E-state index in [1.165, 1.54) is 11.3 Å². The van der Waals surface area contributed by atoms with Gasteiger partial charge in [-0.2, -0.15) is 13.2 Å². The van der Waals surface area contributed by atoms with Crippen LogP contribution in [0.4, 0.5) is 18.9 Å². The third-order valence-corrected chi connectivity index (χ3v) is 8.50. The van der Waals surface area contributed by atoms with Crippen LogP contribution >= 0.6 is 22.9 Å². The highest BCUT2D eigenvalue weighted by molar-refractivity contribution is 7.14. The molecule has 196 valence electrons. The average molecular weight is 543 g/mol. The molecular weight excluding hydrogens is 513 g/mol. The van der Waals surface area contributed by atoms with E-state index in [9.17, 15) is 22.8 Å². The minimum absolute atomic E-state index is 0.132. The molecule has 0 saturated heterocycles. The van der Waals surface area contributed by atoms with Gasteiger partial charge in [0.15, 0.2) is 0 Å². The Kier molecular flexibility index (Phi) is 7.85. The number of rotatable bonds is 9. The first-order chi connectivity index (χ1) is 17.0. The van der Waals surface area contributed by atoms with Crippen molar-refractivity contribution in [2.45, 2.75) is 82.6 Å². The van der Waals surface area contributed by atoms with Crippen LogP contribution in [-0.4, -0.2) is 34.6 Å². The number of nitrogens with one attached hydrogen (secondary N) is 3. The van der Waals surface area contributed by atoms with Gasteiger partial charge < -0.3 is 16.0 Å². The molecule has 2 fully saturated rings. The Balaban J connectivity index is 1.44. The van der Waals surface area contributed by atoms with Crippen molar-refractivity contribution in [1.82, 2.24) is 15.6 Å². The van der Waals surface area contributed by atoms with E-state index in [1.807, 2.05) is 19.9 Å². The van der Waals surface area contributed by atoms with Gasteiger partial charge >= 0.3 is 6.18 Å². The van der Waals surface area contributed by atoms with Crippen LogP contribution in [0.1, 0.15) is 78.2 Å². The Morgan fingerprint density at radius 2 is 1.94 bits per heavy atom. The fourth-order valence-electron chi connectivity index (χ4n) is 4.63. The molecule has 6 nitrogen and oxygen atoms in total. The number of hydrogen-bond acceptors (Lipinski definition) is 5. The number of carbonyl (C=O) groups excluding carboxylic acids is 2. The molecular formula is C25H30ClF3N4O2S. The topological polar surface area (TPSA) is 83.1 Å². The molecule has 0 spiro atoms. The number of aromatic nitrogens is 1. The number of hydrogen-bond donors (Lipinski definition) is 3. The van der Waals surface area contributed by atoms with Gasteiger partial charge in [0.1, 0.15) is 11.6 Å². The van der Waals surface area contributed by atoms with Crippen molar-refractivity contribution < 1.29 is 22.8 Å². The number of carbonyl (C=O) groups is 2. The predicted molar refractivity (Wildman–Crippen MR) is 134 cm³/mol. The van der Waals surface area contributed by atoms with E-state index in [1.54, 1.807) is 18.3 Å². The molecule has 2 saturated carbocycles. The number of halogens is 4. The fourth-order valence-corrected chi connectivity index (χ4v) is 5.70. The molecule has 2 atom stereocenters. The van der Waals surface area contributed by atoms with Crippen LogP contribution in [0.3, 0.4) is 0 Å². The monoisotopic (exact) mass is 542 g/mol. The summed E-state index contributed by atoms with van der Waals surface area (Å²) < 4.78 is 40.2. The van der Waals surface area contributed by atoms with Crippen LogP contribution in [-0.2, 0) is 4.79 Å². The largest absolute Gasteiger partial charge is 0.411 e. The first kappa shape index (κ1) is 26.7. The molecule has 2 aliphatic carbocycles. The van der Waals surface area contributed by atoms with Gasteiger partial charge in [-0.25, -0.2) is 0 Å². The van der Waals surface area contributed by atoms with Crippen LogP contribution in [0.25, 0.3) is 0 Å². The Hall–Kier alpha value is -2.33. The van der Waals surface area contributed by atoms with Gasteiger partial charge in [0.05, 0.1) is 27.3 Å². The highest BCUT2D eigenvalue weighted by atomic mass is 35.5. The number of amides is 2. The molecule has 2 amide bonds. The van der Waals surface area contributed by atoms with E-state index in [-0.39, 0.29) is 24.8 Å².